The smallest absolute Gasteiger partial charge is 0.287 e. The summed E-state index contributed by atoms with van der Waals surface area (Å²) in [5, 5.41) is 15.8. The first-order chi connectivity index (χ1) is 14.1. The molecule has 0 atom stereocenters. The lowest BCUT2D eigenvalue weighted by molar-refractivity contribution is -0.385. The SMILES string of the molecule is O=[N+]([O-])c1ccc(N/N=C/c2ccc3c(ccn3Cc3cccc(F)c3)c2)nc1. The van der Waals surface area contributed by atoms with Crippen molar-refractivity contribution < 1.29 is 9.31 Å². The van der Waals surface area contributed by atoms with Crippen LogP contribution in [-0.4, -0.2) is 20.7 Å². The molecule has 144 valence electrons. The highest BCUT2D eigenvalue weighted by Gasteiger charge is 2.05. The number of nitro groups is 1. The Morgan fingerprint density at radius 2 is 2.07 bits per heavy atom. The molecular formula is C21H16FN5O2. The average Bonchev–Trinajstić information content (AvgIpc) is 3.10. The van der Waals surface area contributed by atoms with Gasteiger partial charge in [-0.3, -0.25) is 15.5 Å². The summed E-state index contributed by atoms with van der Waals surface area (Å²) in [6.07, 6.45) is 4.78. The van der Waals surface area contributed by atoms with E-state index in [2.05, 4.69) is 20.1 Å². The van der Waals surface area contributed by atoms with Crippen LogP contribution in [0.1, 0.15) is 11.1 Å². The van der Waals surface area contributed by atoms with Gasteiger partial charge in [-0.25, -0.2) is 9.37 Å². The molecule has 0 unspecified atom stereocenters. The van der Waals surface area contributed by atoms with Crippen LogP contribution in [0.25, 0.3) is 10.9 Å². The second kappa shape index (κ2) is 7.89. The number of nitrogens with zero attached hydrogens (tertiary/aromatic N) is 4. The Kier molecular flexibility index (Phi) is 4.98. The molecule has 0 aliphatic heterocycles. The van der Waals surface area contributed by atoms with Crippen LogP contribution in [0.2, 0.25) is 0 Å². The number of anilines is 1. The van der Waals surface area contributed by atoms with E-state index in [-0.39, 0.29) is 11.5 Å². The van der Waals surface area contributed by atoms with Crippen molar-refractivity contribution in [1.29, 1.82) is 0 Å². The van der Waals surface area contributed by atoms with Crippen LogP contribution in [0, 0.1) is 15.9 Å². The van der Waals surface area contributed by atoms with E-state index in [1.165, 1.54) is 30.5 Å². The minimum Gasteiger partial charge on any atom is -0.343 e. The van der Waals surface area contributed by atoms with Gasteiger partial charge in [0.05, 0.1) is 11.1 Å². The Bertz CT molecular complexity index is 1200. The summed E-state index contributed by atoms with van der Waals surface area (Å²) in [5.74, 6) is 0.168. The summed E-state index contributed by atoms with van der Waals surface area (Å²) in [6, 6.07) is 17.3. The maximum atomic E-state index is 13.4. The van der Waals surface area contributed by atoms with Crippen molar-refractivity contribution in [2.24, 2.45) is 5.10 Å². The van der Waals surface area contributed by atoms with Crippen molar-refractivity contribution in [3.05, 3.63) is 100 Å². The van der Waals surface area contributed by atoms with Gasteiger partial charge in [-0.05, 0) is 47.5 Å². The minimum atomic E-state index is -0.504. The van der Waals surface area contributed by atoms with Gasteiger partial charge in [0.15, 0.2) is 0 Å². The lowest BCUT2D eigenvalue weighted by atomic mass is 10.1. The second-order valence-corrected chi connectivity index (χ2v) is 6.42. The molecule has 0 amide bonds. The van der Waals surface area contributed by atoms with Crippen LogP contribution in [-0.2, 0) is 6.54 Å². The monoisotopic (exact) mass is 389 g/mol. The number of rotatable bonds is 6. The molecule has 0 saturated carbocycles. The summed E-state index contributed by atoms with van der Waals surface area (Å²) in [7, 11) is 0. The lowest BCUT2D eigenvalue weighted by Crippen LogP contribution is -1.98. The predicted octanol–water partition coefficient (Wildman–Crippen LogP) is 4.58. The number of benzene rings is 2. The molecule has 1 N–H and O–H groups in total. The van der Waals surface area contributed by atoms with Gasteiger partial charge in [0.1, 0.15) is 17.8 Å². The molecule has 2 aromatic heterocycles. The standard InChI is InChI=1S/C21H16FN5O2/c22-18-3-1-2-16(11-18)14-26-9-8-17-10-15(4-6-20(17)26)12-24-25-21-7-5-19(13-23-21)27(28)29/h1-13H,14H2,(H,23,25)/b24-12+. The molecule has 4 rings (SSSR count). The molecule has 0 saturated heterocycles. The van der Waals surface area contributed by atoms with Crippen LogP contribution in [0.4, 0.5) is 15.9 Å². The van der Waals surface area contributed by atoms with E-state index in [1.807, 2.05) is 36.5 Å². The molecule has 0 aliphatic carbocycles. The maximum Gasteiger partial charge on any atom is 0.287 e. The number of fused-ring (bicyclic) bond motifs is 1. The van der Waals surface area contributed by atoms with Crippen molar-refractivity contribution >= 4 is 28.6 Å². The van der Waals surface area contributed by atoms with Gasteiger partial charge in [-0.2, -0.15) is 5.10 Å². The van der Waals surface area contributed by atoms with E-state index in [0.717, 1.165) is 22.0 Å². The molecule has 7 nitrogen and oxygen atoms in total. The van der Waals surface area contributed by atoms with Gasteiger partial charge in [0.25, 0.3) is 5.69 Å². The molecule has 0 fully saturated rings. The molecule has 0 aliphatic rings. The first kappa shape index (κ1) is 18.3. The quantitative estimate of drug-likeness (QED) is 0.297. The molecule has 8 heteroatoms. The third-order valence-corrected chi connectivity index (χ3v) is 4.39. The molecule has 0 bridgehead atoms. The van der Waals surface area contributed by atoms with Gasteiger partial charge < -0.3 is 4.57 Å². The number of pyridine rings is 1. The molecule has 4 aromatic rings. The maximum absolute atomic E-state index is 13.4. The Hall–Kier alpha value is -4.07. The van der Waals surface area contributed by atoms with E-state index >= 15 is 0 Å². The van der Waals surface area contributed by atoms with Gasteiger partial charge in [-0.1, -0.05) is 18.2 Å². The van der Waals surface area contributed by atoms with Crippen LogP contribution >= 0.6 is 0 Å². The van der Waals surface area contributed by atoms with E-state index in [4.69, 9.17) is 0 Å². The van der Waals surface area contributed by atoms with Crippen molar-refractivity contribution in [2.75, 3.05) is 5.43 Å². The average molecular weight is 389 g/mol. The molecule has 0 spiro atoms. The lowest BCUT2D eigenvalue weighted by Gasteiger charge is -2.06. The van der Waals surface area contributed by atoms with Gasteiger partial charge in [0.2, 0.25) is 0 Å². The zero-order valence-corrected chi connectivity index (χ0v) is 15.2. The summed E-state index contributed by atoms with van der Waals surface area (Å²) in [4.78, 5) is 14.1. The molecule has 0 radical (unpaired) electrons. The summed E-state index contributed by atoms with van der Waals surface area (Å²) < 4.78 is 15.5. The molecule has 2 heterocycles. The zero-order chi connectivity index (χ0) is 20.2. The zero-order valence-electron chi connectivity index (χ0n) is 15.2. The fourth-order valence-corrected chi connectivity index (χ4v) is 3.00. The highest BCUT2D eigenvalue weighted by Crippen LogP contribution is 2.19. The summed E-state index contributed by atoms with van der Waals surface area (Å²) >= 11 is 0. The van der Waals surface area contributed by atoms with Crippen molar-refractivity contribution in [3.8, 4) is 0 Å². The third-order valence-electron chi connectivity index (χ3n) is 4.39. The Balaban J connectivity index is 1.46. The van der Waals surface area contributed by atoms with Crippen LogP contribution < -0.4 is 5.43 Å². The normalized spacial score (nSPS) is 11.2. The van der Waals surface area contributed by atoms with Crippen LogP contribution in [0.5, 0.6) is 0 Å². The predicted molar refractivity (Wildman–Crippen MR) is 110 cm³/mol. The van der Waals surface area contributed by atoms with Crippen molar-refractivity contribution in [1.82, 2.24) is 9.55 Å². The number of hydrogen-bond acceptors (Lipinski definition) is 5. The number of aromatic nitrogens is 2. The Morgan fingerprint density at radius 3 is 2.83 bits per heavy atom. The Morgan fingerprint density at radius 1 is 1.17 bits per heavy atom. The Labute approximate surface area is 165 Å². The number of nitrogens with one attached hydrogen (secondary N) is 1. The topological polar surface area (TPSA) is 85.4 Å². The molecule has 2 aromatic carbocycles. The van der Waals surface area contributed by atoms with Crippen molar-refractivity contribution in [3.63, 3.8) is 0 Å². The first-order valence-corrected chi connectivity index (χ1v) is 8.81. The van der Waals surface area contributed by atoms with Crippen molar-refractivity contribution in [2.45, 2.75) is 6.54 Å². The second-order valence-electron chi connectivity index (χ2n) is 6.42. The number of hydrogen-bond donors (Lipinski definition) is 1. The summed E-state index contributed by atoms with van der Waals surface area (Å²) in [5.41, 5.74) is 5.49. The summed E-state index contributed by atoms with van der Waals surface area (Å²) in [6.45, 7) is 0.585. The van der Waals surface area contributed by atoms with Gasteiger partial charge in [0, 0.05) is 29.7 Å². The largest absolute Gasteiger partial charge is 0.343 e. The van der Waals surface area contributed by atoms with Gasteiger partial charge in [-0.15, -0.1) is 0 Å². The first-order valence-electron chi connectivity index (χ1n) is 8.81. The highest BCUT2D eigenvalue weighted by atomic mass is 19.1. The van der Waals surface area contributed by atoms with Gasteiger partial charge >= 0.3 is 0 Å². The molecule has 29 heavy (non-hydrogen) atoms. The fraction of sp³-hybridized carbons (Fsp3) is 0.0476. The minimum absolute atomic E-state index is 0.0762. The molecular weight excluding hydrogens is 373 g/mol. The van der Waals surface area contributed by atoms with E-state index in [9.17, 15) is 14.5 Å². The van der Waals surface area contributed by atoms with E-state index in [1.54, 1.807) is 12.3 Å². The third kappa shape index (κ3) is 4.27. The van der Waals surface area contributed by atoms with Crippen LogP contribution in [0.3, 0.4) is 0 Å². The fourth-order valence-electron chi connectivity index (χ4n) is 3.00. The number of halogens is 1. The highest BCUT2D eigenvalue weighted by molar-refractivity contribution is 5.89. The number of hydrazone groups is 1. The van der Waals surface area contributed by atoms with E-state index in [0.29, 0.717) is 12.4 Å². The van der Waals surface area contributed by atoms with Crippen LogP contribution in [0.15, 0.2) is 78.2 Å². The van der Waals surface area contributed by atoms with E-state index < -0.39 is 4.92 Å².